The molecule has 0 fully saturated rings. The average Bonchev–Trinajstić information content (AvgIpc) is 3.05. The number of hydrogen-bond acceptors (Lipinski definition) is 5. The lowest BCUT2D eigenvalue weighted by molar-refractivity contribution is 0.0655. The lowest BCUT2D eigenvalue weighted by Gasteiger charge is -2.05. The van der Waals surface area contributed by atoms with E-state index in [-0.39, 0.29) is 6.10 Å². The molecule has 5 nitrogen and oxygen atoms in total. The summed E-state index contributed by atoms with van der Waals surface area (Å²) in [5.41, 5.74) is 4.54. The van der Waals surface area contributed by atoms with Crippen LogP contribution in [0.15, 0.2) is 104 Å². The SMILES string of the molecule is CC.CC(C)OCc1cccnc1.CCCOCc1ccc2ccccc2c1.CCOCc1cnc2ccccc2c1. The van der Waals surface area contributed by atoms with E-state index in [1.165, 1.54) is 21.7 Å². The summed E-state index contributed by atoms with van der Waals surface area (Å²) < 4.78 is 16.2. The fraction of sp³-hybridized carbons (Fsp3) is 0.351. The third-order valence-corrected chi connectivity index (χ3v) is 5.86. The van der Waals surface area contributed by atoms with Gasteiger partial charge in [-0.15, -0.1) is 0 Å². The predicted octanol–water partition coefficient (Wildman–Crippen LogP) is 9.57. The van der Waals surface area contributed by atoms with Crippen LogP contribution >= 0.6 is 0 Å². The molecule has 224 valence electrons. The number of rotatable bonds is 10. The van der Waals surface area contributed by atoms with Crippen LogP contribution in [0, 0.1) is 0 Å². The number of fused-ring (bicyclic) bond motifs is 2. The smallest absolute Gasteiger partial charge is 0.0735 e. The summed E-state index contributed by atoms with van der Waals surface area (Å²) in [4.78, 5) is 8.34. The van der Waals surface area contributed by atoms with E-state index in [0.29, 0.717) is 13.2 Å². The quantitative estimate of drug-likeness (QED) is 0.157. The lowest BCUT2D eigenvalue weighted by Crippen LogP contribution is -2.02. The molecule has 0 N–H and O–H groups in total. The Labute approximate surface area is 252 Å². The highest BCUT2D eigenvalue weighted by atomic mass is 16.5. The Hall–Kier alpha value is -3.64. The average molecular weight is 569 g/mol. The number of pyridine rings is 2. The molecule has 2 heterocycles. The van der Waals surface area contributed by atoms with Crippen LogP contribution in [0.2, 0.25) is 0 Å². The van der Waals surface area contributed by atoms with E-state index in [4.69, 9.17) is 14.2 Å². The summed E-state index contributed by atoms with van der Waals surface area (Å²) in [7, 11) is 0. The van der Waals surface area contributed by atoms with E-state index in [1.807, 2.05) is 77.3 Å². The first-order valence-corrected chi connectivity index (χ1v) is 15.1. The van der Waals surface area contributed by atoms with Crippen molar-refractivity contribution < 1.29 is 14.2 Å². The second-order valence-corrected chi connectivity index (χ2v) is 9.63. The molecular formula is C37H48N2O3. The molecule has 5 heteroatoms. The highest BCUT2D eigenvalue weighted by Crippen LogP contribution is 2.16. The summed E-state index contributed by atoms with van der Waals surface area (Å²) in [5, 5.41) is 3.75. The molecule has 3 aromatic carbocycles. The number of ether oxygens (including phenoxy) is 3. The maximum absolute atomic E-state index is 5.52. The fourth-order valence-corrected chi connectivity index (χ4v) is 3.82. The number of hydrogen-bond donors (Lipinski definition) is 0. The van der Waals surface area contributed by atoms with Crippen molar-refractivity contribution >= 4 is 21.7 Å². The normalized spacial score (nSPS) is 10.3. The van der Waals surface area contributed by atoms with Crippen LogP contribution in [-0.2, 0) is 34.0 Å². The minimum absolute atomic E-state index is 0.287. The van der Waals surface area contributed by atoms with Gasteiger partial charge in [-0.05, 0) is 78.9 Å². The van der Waals surface area contributed by atoms with Gasteiger partial charge >= 0.3 is 0 Å². The zero-order valence-corrected chi connectivity index (χ0v) is 26.3. The molecule has 0 aliphatic rings. The Morgan fingerprint density at radius 3 is 2.02 bits per heavy atom. The van der Waals surface area contributed by atoms with E-state index < -0.39 is 0 Å². The standard InChI is InChI=1S/C14H16O.C12H13NO.C9H13NO.C2H6/c1-2-9-15-11-12-7-8-13-5-3-4-6-14(13)10-12;1-2-14-9-10-7-11-5-3-4-6-12(11)13-8-10;1-8(2)11-7-9-4-3-5-10-6-9;1-2/h3-8,10H,2,9,11H2,1H3;3-8H,2,9H2,1H3;3-6,8H,7H2,1-2H3;1-2H3. The summed E-state index contributed by atoms with van der Waals surface area (Å²) in [6, 6.07) is 29.0. The van der Waals surface area contributed by atoms with Crippen molar-refractivity contribution in [2.24, 2.45) is 0 Å². The van der Waals surface area contributed by atoms with Crippen molar-refractivity contribution in [3.8, 4) is 0 Å². The molecule has 0 aliphatic carbocycles. The zero-order valence-electron chi connectivity index (χ0n) is 26.3. The van der Waals surface area contributed by atoms with Gasteiger partial charge in [0, 0.05) is 37.2 Å². The predicted molar refractivity (Wildman–Crippen MR) is 176 cm³/mol. The van der Waals surface area contributed by atoms with E-state index >= 15 is 0 Å². The summed E-state index contributed by atoms with van der Waals surface area (Å²) in [5.74, 6) is 0. The first kappa shape index (κ1) is 34.6. The van der Waals surface area contributed by atoms with E-state index in [0.717, 1.165) is 42.9 Å². The molecule has 0 radical (unpaired) electrons. The third kappa shape index (κ3) is 13.3. The molecule has 0 amide bonds. The topological polar surface area (TPSA) is 53.5 Å². The van der Waals surface area contributed by atoms with E-state index in [1.54, 1.807) is 6.20 Å². The first-order chi connectivity index (χ1) is 20.6. The number of aromatic nitrogens is 2. The molecule has 2 aromatic heterocycles. The van der Waals surface area contributed by atoms with Gasteiger partial charge in [0.2, 0.25) is 0 Å². The van der Waals surface area contributed by atoms with E-state index in [2.05, 4.69) is 71.5 Å². The van der Waals surface area contributed by atoms with Gasteiger partial charge in [-0.3, -0.25) is 9.97 Å². The maximum Gasteiger partial charge on any atom is 0.0735 e. The molecule has 0 saturated heterocycles. The Morgan fingerprint density at radius 2 is 1.33 bits per heavy atom. The van der Waals surface area contributed by atoms with Crippen LogP contribution in [0.25, 0.3) is 21.7 Å². The lowest BCUT2D eigenvalue weighted by atomic mass is 10.1. The first-order valence-electron chi connectivity index (χ1n) is 15.1. The van der Waals surface area contributed by atoms with Crippen molar-refractivity contribution in [2.45, 2.75) is 73.9 Å². The molecule has 5 aromatic rings. The highest BCUT2D eigenvalue weighted by molar-refractivity contribution is 5.83. The highest BCUT2D eigenvalue weighted by Gasteiger charge is 1.98. The molecule has 0 aliphatic heterocycles. The minimum atomic E-state index is 0.287. The van der Waals surface area contributed by atoms with Gasteiger partial charge in [0.05, 0.1) is 31.4 Å². The molecule has 0 atom stereocenters. The van der Waals surface area contributed by atoms with Crippen LogP contribution in [0.3, 0.4) is 0 Å². The van der Waals surface area contributed by atoms with Crippen molar-refractivity contribution in [3.63, 3.8) is 0 Å². The third-order valence-electron chi connectivity index (χ3n) is 5.86. The van der Waals surface area contributed by atoms with Crippen molar-refractivity contribution in [1.29, 1.82) is 0 Å². The van der Waals surface area contributed by atoms with Crippen LogP contribution in [-0.4, -0.2) is 29.3 Å². The van der Waals surface area contributed by atoms with E-state index in [9.17, 15) is 0 Å². The number of para-hydroxylation sites is 1. The molecule has 0 unspecified atom stereocenters. The Kier molecular flexibility index (Phi) is 17.4. The second-order valence-electron chi connectivity index (χ2n) is 9.63. The molecule has 42 heavy (non-hydrogen) atoms. The van der Waals surface area contributed by atoms with Crippen molar-refractivity contribution in [3.05, 3.63) is 120 Å². The number of benzene rings is 3. The van der Waals surface area contributed by atoms with Crippen LogP contribution in [0.5, 0.6) is 0 Å². The minimum Gasteiger partial charge on any atom is -0.377 e. The van der Waals surface area contributed by atoms with Gasteiger partial charge in [-0.2, -0.15) is 0 Å². The largest absolute Gasteiger partial charge is 0.377 e. The maximum atomic E-state index is 5.52. The van der Waals surface area contributed by atoms with Crippen LogP contribution in [0.1, 0.15) is 64.7 Å². The number of nitrogens with zero attached hydrogens (tertiary/aromatic N) is 2. The second kappa shape index (κ2) is 21.1. The van der Waals surface area contributed by atoms with Gasteiger partial charge in [0.15, 0.2) is 0 Å². The van der Waals surface area contributed by atoms with Gasteiger partial charge < -0.3 is 14.2 Å². The molecular weight excluding hydrogens is 520 g/mol. The van der Waals surface area contributed by atoms with Crippen LogP contribution in [0.4, 0.5) is 0 Å². The van der Waals surface area contributed by atoms with Crippen molar-refractivity contribution in [2.75, 3.05) is 13.2 Å². The Balaban J connectivity index is 0.000000216. The Bertz CT molecular complexity index is 1390. The Morgan fingerprint density at radius 1 is 0.643 bits per heavy atom. The van der Waals surface area contributed by atoms with Crippen molar-refractivity contribution in [1.82, 2.24) is 9.97 Å². The molecule has 0 bridgehead atoms. The summed E-state index contributed by atoms with van der Waals surface area (Å²) in [6.07, 6.45) is 6.82. The molecule has 0 spiro atoms. The molecule has 0 saturated carbocycles. The van der Waals surface area contributed by atoms with Gasteiger partial charge in [-0.25, -0.2) is 0 Å². The zero-order chi connectivity index (χ0) is 30.4. The van der Waals surface area contributed by atoms with Gasteiger partial charge in [0.1, 0.15) is 0 Å². The van der Waals surface area contributed by atoms with Gasteiger partial charge in [-0.1, -0.05) is 81.4 Å². The fourth-order valence-electron chi connectivity index (χ4n) is 3.82. The van der Waals surface area contributed by atoms with Gasteiger partial charge in [0.25, 0.3) is 0 Å². The summed E-state index contributed by atoms with van der Waals surface area (Å²) in [6.45, 7) is 15.8. The summed E-state index contributed by atoms with van der Waals surface area (Å²) >= 11 is 0. The van der Waals surface area contributed by atoms with Crippen LogP contribution < -0.4 is 0 Å². The monoisotopic (exact) mass is 568 g/mol. The molecule has 5 rings (SSSR count).